The zero-order valence-electron chi connectivity index (χ0n) is 17.1. The van der Waals surface area contributed by atoms with Crippen LogP contribution in [0.5, 0.6) is 5.88 Å². The third kappa shape index (κ3) is 6.43. The Hall–Kier alpha value is -3.17. The summed E-state index contributed by atoms with van der Waals surface area (Å²) in [5, 5.41) is 5.45. The van der Waals surface area contributed by atoms with Gasteiger partial charge in [0.15, 0.2) is 6.61 Å². The van der Waals surface area contributed by atoms with Crippen molar-refractivity contribution in [2.45, 2.75) is 46.3 Å². The maximum absolute atomic E-state index is 12.8. The maximum Gasteiger partial charge on any atom is 0.422 e. The molecule has 7 nitrogen and oxygen atoms in total. The Morgan fingerprint density at radius 1 is 1.23 bits per heavy atom. The van der Waals surface area contributed by atoms with Gasteiger partial charge in [0.1, 0.15) is 5.82 Å². The van der Waals surface area contributed by atoms with Crippen LogP contribution in [0.2, 0.25) is 0 Å². The van der Waals surface area contributed by atoms with E-state index in [4.69, 9.17) is 0 Å². The fourth-order valence-corrected chi connectivity index (χ4v) is 2.51. The zero-order valence-corrected chi connectivity index (χ0v) is 17.1. The SMILES string of the molecule is CCC(=O)Nc1cc(C(=O)NC(C)c2ccc(OCC(F)(F)F)nc2)c(C)c(C)n1. The van der Waals surface area contributed by atoms with Crippen LogP contribution in [0.4, 0.5) is 19.0 Å². The van der Waals surface area contributed by atoms with Crippen LogP contribution in [0.15, 0.2) is 24.4 Å². The number of halogens is 3. The van der Waals surface area contributed by atoms with Crippen molar-refractivity contribution in [3.05, 3.63) is 46.8 Å². The molecular formula is C20H23F3N4O3. The molecule has 2 heterocycles. The Morgan fingerprint density at radius 3 is 2.50 bits per heavy atom. The second kappa shape index (κ2) is 9.55. The topological polar surface area (TPSA) is 93.2 Å². The molecule has 2 amide bonds. The van der Waals surface area contributed by atoms with E-state index >= 15 is 0 Å². The Kier molecular flexibility index (Phi) is 7.36. The summed E-state index contributed by atoms with van der Waals surface area (Å²) in [5.41, 5.74) is 2.22. The summed E-state index contributed by atoms with van der Waals surface area (Å²) >= 11 is 0. The van der Waals surface area contributed by atoms with Gasteiger partial charge in [0.05, 0.1) is 6.04 Å². The molecule has 0 radical (unpaired) electrons. The number of nitrogens with one attached hydrogen (secondary N) is 2. The lowest BCUT2D eigenvalue weighted by molar-refractivity contribution is -0.154. The highest BCUT2D eigenvalue weighted by Crippen LogP contribution is 2.21. The summed E-state index contributed by atoms with van der Waals surface area (Å²) in [7, 11) is 0. The van der Waals surface area contributed by atoms with Gasteiger partial charge < -0.3 is 15.4 Å². The lowest BCUT2D eigenvalue weighted by Crippen LogP contribution is -2.28. The van der Waals surface area contributed by atoms with Gasteiger partial charge >= 0.3 is 6.18 Å². The van der Waals surface area contributed by atoms with Crippen LogP contribution < -0.4 is 15.4 Å². The van der Waals surface area contributed by atoms with E-state index in [-0.39, 0.29) is 29.9 Å². The molecule has 0 saturated heterocycles. The molecule has 0 bridgehead atoms. The normalized spacial score (nSPS) is 12.2. The van der Waals surface area contributed by atoms with Gasteiger partial charge in [0.25, 0.3) is 5.91 Å². The number of anilines is 1. The second-order valence-corrected chi connectivity index (χ2v) is 6.70. The van der Waals surface area contributed by atoms with Crippen molar-refractivity contribution in [2.75, 3.05) is 11.9 Å². The predicted octanol–water partition coefficient (Wildman–Crippen LogP) is 3.87. The molecule has 10 heteroatoms. The van der Waals surface area contributed by atoms with Gasteiger partial charge in [-0.3, -0.25) is 9.59 Å². The summed E-state index contributed by atoms with van der Waals surface area (Å²) in [4.78, 5) is 32.5. The fourth-order valence-electron chi connectivity index (χ4n) is 2.51. The van der Waals surface area contributed by atoms with Crippen LogP contribution in [0.3, 0.4) is 0 Å². The van der Waals surface area contributed by atoms with E-state index in [2.05, 4.69) is 25.3 Å². The standard InChI is InChI=1S/C20H23F3N4O3/c1-5-17(28)27-16-8-15(11(2)12(3)25-16)19(29)26-13(4)14-6-7-18(24-9-14)30-10-20(21,22)23/h6-9,13H,5,10H2,1-4H3,(H,26,29)(H,25,27,28). The summed E-state index contributed by atoms with van der Waals surface area (Å²) < 4.78 is 41.2. The van der Waals surface area contributed by atoms with E-state index in [0.29, 0.717) is 22.4 Å². The molecule has 1 unspecified atom stereocenters. The Morgan fingerprint density at radius 2 is 1.93 bits per heavy atom. The Labute approximate surface area is 172 Å². The average molecular weight is 424 g/mol. The number of nitrogens with zero attached hydrogens (tertiary/aromatic N) is 2. The first-order valence-electron chi connectivity index (χ1n) is 9.24. The highest BCUT2D eigenvalue weighted by molar-refractivity contribution is 5.98. The molecular weight excluding hydrogens is 401 g/mol. The molecule has 2 rings (SSSR count). The first-order chi connectivity index (χ1) is 14.0. The van der Waals surface area contributed by atoms with Gasteiger partial charge in [-0.1, -0.05) is 13.0 Å². The molecule has 1 atom stereocenters. The molecule has 0 saturated carbocycles. The van der Waals surface area contributed by atoms with E-state index in [1.807, 2.05) is 0 Å². The minimum atomic E-state index is -4.45. The van der Waals surface area contributed by atoms with Crippen LogP contribution >= 0.6 is 0 Å². The van der Waals surface area contributed by atoms with Crippen LogP contribution in [-0.2, 0) is 4.79 Å². The maximum atomic E-state index is 12.8. The molecule has 0 aromatic carbocycles. The van der Waals surface area contributed by atoms with E-state index < -0.39 is 18.8 Å². The van der Waals surface area contributed by atoms with E-state index in [0.717, 1.165) is 0 Å². The minimum absolute atomic E-state index is 0.161. The largest absolute Gasteiger partial charge is 0.468 e. The number of amides is 2. The smallest absolute Gasteiger partial charge is 0.422 e. The van der Waals surface area contributed by atoms with Crippen molar-refractivity contribution in [1.29, 1.82) is 0 Å². The monoisotopic (exact) mass is 424 g/mol. The molecule has 2 aromatic rings. The number of alkyl halides is 3. The van der Waals surface area contributed by atoms with Crippen LogP contribution in [-0.4, -0.2) is 34.6 Å². The molecule has 0 aliphatic rings. The van der Waals surface area contributed by atoms with Crippen molar-refractivity contribution in [3.8, 4) is 5.88 Å². The fraction of sp³-hybridized carbons (Fsp3) is 0.400. The second-order valence-electron chi connectivity index (χ2n) is 6.70. The molecule has 0 aliphatic heterocycles. The molecule has 2 N–H and O–H groups in total. The van der Waals surface area contributed by atoms with Crippen LogP contribution in [0, 0.1) is 13.8 Å². The van der Waals surface area contributed by atoms with Crippen LogP contribution in [0.1, 0.15) is 53.5 Å². The average Bonchev–Trinajstić information content (AvgIpc) is 2.68. The van der Waals surface area contributed by atoms with Crippen molar-refractivity contribution < 1.29 is 27.5 Å². The number of rotatable bonds is 7. The van der Waals surface area contributed by atoms with E-state index in [1.165, 1.54) is 24.4 Å². The quantitative estimate of drug-likeness (QED) is 0.704. The van der Waals surface area contributed by atoms with E-state index in [1.54, 1.807) is 27.7 Å². The number of aromatic nitrogens is 2. The third-order valence-electron chi connectivity index (χ3n) is 4.34. The highest BCUT2D eigenvalue weighted by Gasteiger charge is 2.28. The van der Waals surface area contributed by atoms with E-state index in [9.17, 15) is 22.8 Å². The summed E-state index contributed by atoms with van der Waals surface area (Å²) in [6.07, 6.45) is -2.82. The Balaban J connectivity index is 2.10. The van der Waals surface area contributed by atoms with Crippen molar-refractivity contribution in [1.82, 2.24) is 15.3 Å². The molecule has 30 heavy (non-hydrogen) atoms. The number of ether oxygens (including phenoxy) is 1. The highest BCUT2D eigenvalue weighted by atomic mass is 19.4. The molecule has 0 fully saturated rings. The Bertz CT molecular complexity index is 915. The lowest BCUT2D eigenvalue weighted by atomic mass is 10.1. The first kappa shape index (κ1) is 23.1. The van der Waals surface area contributed by atoms with Gasteiger partial charge in [0.2, 0.25) is 11.8 Å². The minimum Gasteiger partial charge on any atom is -0.468 e. The van der Waals surface area contributed by atoms with Gasteiger partial charge in [-0.2, -0.15) is 13.2 Å². The third-order valence-corrected chi connectivity index (χ3v) is 4.34. The summed E-state index contributed by atoms with van der Waals surface area (Å²) in [6, 6.07) is 3.87. The van der Waals surface area contributed by atoms with Crippen LogP contribution in [0.25, 0.3) is 0 Å². The van der Waals surface area contributed by atoms with Gasteiger partial charge in [-0.15, -0.1) is 0 Å². The number of carbonyl (C=O) groups excluding carboxylic acids is 2. The number of pyridine rings is 2. The molecule has 0 spiro atoms. The molecule has 0 aliphatic carbocycles. The zero-order chi connectivity index (χ0) is 22.5. The summed E-state index contributed by atoms with van der Waals surface area (Å²) in [6.45, 7) is 5.49. The van der Waals surface area contributed by atoms with Gasteiger partial charge in [0, 0.05) is 29.9 Å². The number of hydrogen-bond acceptors (Lipinski definition) is 5. The van der Waals surface area contributed by atoms with Crippen molar-refractivity contribution >= 4 is 17.6 Å². The number of aryl methyl sites for hydroxylation is 1. The molecule has 2 aromatic heterocycles. The van der Waals surface area contributed by atoms with Gasteiger partial charge in [-0.25, -0.2) is 9.97 Å². The number of carbonyl (C=O) groups is 2. The van der Waals surface area contributed by atoms with Crippen molar-refractivity contribution in [2.24, 2.45) is 0 Å². The lowest BCUT2D eigenvalue weighted by Gasteiger charge is -2.17. The number of hydrogen-bond donors (Lipinski definition) is 2. The first-order valence-corrected chi connectivity index (χ1v) is 9.24. The predicted molar refractivity (Wildman–Crippen MR) is 104 cm³/mol. The van der Waals surface area contributed by atoms with Gasteiger partial charge in [-0.05, 0) is 38.0 Å². The summed E-state index contributed by atoms with van der Waals surface area (Å²) in [5.74, 6) is -0.471. The molecule has 162 valence electrons. The van der Waals surface area contributed by atoms with Crippen molar-refractivity contribution in [3.63, 3.8) is 0 Å².